The molecule has 0 spiro atoms. The first-order valence-electron chi connectivity index (χ1n) is 6.22. The van der Waals surface area contributed by atoms with E-state index in [9.17, 15) is 13.2 Å². The molecule has 0 aliphatic carbocycles. The van der Waals surface area contributed by atoms with Crippen molar-refractivity contribution < 1.29 is 13.2 Å². The summed E-state index contributed by atoms with van der Waals surface area (Å²) < 4.78 is 37.8. The molecule has 0 aliphatic heterocycles. The third-order valence-corrected chi connectivity index (χ3v) is 3.54. The minimum absolute atomic E-state index is 0.0539. The highest BCUT2D eigenvalue weighted by Crippen LogP contribution is 2.35. The Bertz CT molecular complexity index is 666. The Balaban J connectivity index is 2.52. The van der Waals surface area contributed by atoms with E-state index in [1.807, 2.05) is 26.0 Å². The van der Waals surface area contributed by atoms with Gasteiger partial charge in [0, 0.05) is 16.8 Å². The van der Waals surface area contributed by atoms with E-state index >= 15 is 0 Å². The fourth-order valence-corrected chi connectivity index (χ4v) is 2.41. The van der Waals surface area contributed by atoms with Gasteiger partial charge in [0.1, 0.15) is 0 Å². The van der Waals surface area contributed by atoms with Crippen LogP contribution in [0.25, 0.3) is 11.3 Å². The number of halogens is 5. The van der Waals surface area contributed by atoms with Gasteiger partial charge in [-0.05, 0) is 35.7 Å². The average Bonchev–Trinajstić information content (AvgIpc) is 2.36. The minimum atomic E-state index is -4.47. The van der Waals surface area contributed by atoms with Crippen molar-refractivity contribution in [3.05, 3.63) is 51.6 Å². The molecular weight excluding hydrogens is 322 g/mol. The van der Waals surface area contributed by atoms with Crippen molar-refractivity contribution in [3.8, 4) is 11.3 Å². The summed E-state index contributed by atoms with van der Waals surface area (Å²) in [5, 5.41) is 0.441. The number of hydrogen-bond acceptors (Lipinski definition) is 1. The Labute approximate surface area is 130 Å². The molecule has 6 heteroatoms. The molecule has 0 saturated heterocycles. The van der Waals surface area contributed by atoms with Crippen LogP contribution in [0.3, 0.4) is 0 Å². The Morgan fingerprint density at radius 3 is 2.24 bits per heavy atom. The number of alkyl halides is 3. The van der Waals surface area contributed by atoms with Crippen LogP contribution in [-0.4, -0.2) is 4.98 Å². The maximum absolute atomic E-state index is 12.6. The van der Waals surface area contributed by atoms with Crippen LogP contribution in [-0.2, 0) is 6.18 Å². The SMILES string of the molecule is CC(C)c1cc(Cl)cc(-c2ncc(C(F)(F)F)cc2Cl)c1. The van der Waals surface area contributed by atoms with E-state index in [-0.39, 0.29) is 16.6 Å². The highest BCUT2D eigenvalue weighted by Gasteiger charge is 2.31. The smallest absolute Gasteiger partial charge is 0.254 e. The van der Waals surface area contributed by atoms with Crippen LogP contribution in [0.15, 0.2) is 30.5 Å². The van der Waals surface area contributed by atoms with Crippen molar-refractivity contribution in [1.29, 1.82) is 0 Å². The van der Waals surface area contributed by atoms with Crippen molar-refractivity contribution in [2.45, 2.75) is 25.9 Å². The van der Waals surface area contributed by atoms with E-state index < -0.39 is 11.7 Å². The first kappa shape index (κ1) is 16.1. The van der Waals surface area contributed by atoms with E-state index in [0.29, 0.717) is 10.6 Å². The maximum atomic E-state index is 12.6. The lowest BCUT2D eigenvalue weighted by atomic mass is 9.99. The molecule has 1 aromatic carbocycles. The summed E-state index contributed by atoms with van der Waals surface area (Å²) in [5.74, 6) is 0.232. The second-order valence-electron chi connectivity index (χ2n) is 4.98. The summed E-state index contributed by atoms with van der Waals surface area (Å²) in [6.07, 6.45) is -3.69. The van der Waals surface area contributed by atoms with Crippen LogP contribution >= 0.6 is 23.2 Å². The predicted octanol–water partition coefficient (Wildman–Crippen LogP) is 6.20. The van der Waals surface area contributed by atoms with Gasteiger partial charge in [-0.15, -0.1) is 0 Å². The zero-order chi connectivity index (χ0) is 15.8. The number of aromatic nitrogens is 1. The van der Waals surface area contributed by atoms with E-state index in [2.05, 4.69) is 4.98 Å². The van der Waals surface area contributed by atoms with E-state index in [0.717, 1.165) is 17.8 Å². The van der Waals surface area contributed by atoms with Gasteiger partial charge in [-0.2, -0.15) is 13.2 Å². The van der Waals surface area contributed by atoms with Crippen LogP contribution in [0.1, 0.15) is 30.9 Å². The largest absolute Gasteiger partial charge is 0.417 e. The van der Waals surface area contributed by atoms with Gasteiger partial charge in [-0.3, -0.25) is 4.98 Å². The van der Waals surface area contributed by atoms with Crippen molar-refractivity contribution in [3.63, 3.8) is 0 Å². The van der Waals surface area contributed by atoms with E-state index in [1.54, 1.807) is 6.07 Å². The molecule has 0 saturated carbocycles. The summed E-state index contributed by atoms with van der Waals surface area (Å²) in [6, 6.07) is 6.15. The molecular formula is C15H12Cl2F3N. The molecule has 2 rings (SSSR count). The summed E-state index contributed by atoms with van der Waals surface area (Å²) in [5.41, 5.74) is 0.983. The first-order valence-corrected chi connectivity index (χ1v) is 6.97. The molecule has 0 amide bonds. The molecule has 0 atom stereocenters. The van der Waals surface area contributed by atoms with Gasteiger partial charge in [0.25, 0.3) is 0 Å². The van der Waals surface area contributed by atoms with Crippen molar-refractivity contribution in [2.24, 2.45) is 0 Å². The third-order valence-electron chi connectivity index (χ3n) is 3.03. The molecule has 0 aliphatic rings. The molecule has 1 heterocycles. The molecule has 112 valence electrons. The number of hydrogen-bond donors (Lipinski definition) is 0. The van der Waals surface area contributed by atoms with Gasteiger partial charge in [0.05, 0.1) is 16.3 Å². The highest BCUT2D eigenvalue weighted by atomic mass is 35.5. The lowest BCUT2D eigenvalue weighted by Gasteiger charge is -2.12. The standard InChI is InChI=1S/C15H12Cl2F3N/c1-8(2)9-3-10(5-12(16)4-9)14-13(17)6-11(7-21-14)15(18,19)20/h3-8H,1-2H3. The molecule has 2 aromatic rings. The summed E-state index contributed by atoms with van der Waals surface area (Å²) >= 11 is 12.0. The fraction of sp³-hybridized carbons (Fsp3) is 0.267. The quantitative estimate of drug-likeness (QED) is 0.637. The highest BCUT2D eigenvalue weighted by molar-refractivity contribution is 6.33. The number of nitrogens with zero attached hydrogens (tertiary/aromatic N) is 1. The van der Waals surface area contributed by atoms with Crippen LogP contribution in [0.4, 0.5) is 13.2 Å². The van der Waals surface area contributed by atoms with E-state index in [1.165, 1.54) is 0 Å². The summed E-state index contributed by atoms with van der Waals surface area (Å²) in [4.78, 5) is 3.85. The number of pyridine rings is 1. The fourth-order valence-electron chi connectivity index (χ4n) is 1.89. The van der Waals surface area contributed by atoms with Gasteiger partial charge in [-0.1, -0.05) is 37.0 Å². The minimum Gasteiger partial charge on any atom is -0.254 e. The Morgan fingerprint density at radius 2 is 1.71 bits per heavy atom. The van der Waals surface area contributed by atoms with Crippen molar-refractivity contribution >= 4 is 23.2 Å². The average molecular weight is 334 g/mol. The molecule has 0 unspecified atom stereocenters. The zero-order valence-electron chi connectivity index (χ0n) is 11.3. The monoisotopic (exact) mass is 333 g/mol. The Hall–Kier alpha value is -1.26. The first-order chi connectivity index (χ1) is 9.68. The molecule has 21 heavy (non-hydrogen) atoms. The lowest BCUT2D eigenvalue weighted by Crippen LogP contribution is -2.05. The maximum Gasteiger partial charge on any atom is 0.417 e. The predicted molar refractivity (Wildman–Crippen MR) is 78.8 cm³/mol. The molecule has 1 aromatic heterocycles. The molecule has 0 N–H and O–H groups in total. The van der Waals surface area contributed by atoms with Gasteiger partial charge < -0.3 is 0 Å². The molecule has 0 fully saturated rings. The number of benzene rings is 1. The van der Waals surface area contributed by atoms with E-state index in [4.69, 9.17) is 23.2 Å². The van der Waals surface area contributed by atoms with Crippen molar-refractivity contribution in [1.82, 2.24) is 4.98 Å². The Kier molecular flexibility index (Phi) is 4.49. The summed E-state index contributed by atoms with van der Waals surface area (Å²) in [6.45, 7) is 3.99. The lowest BCUT2D eigenvalue weighted by molar-refractivity contribution is -0.137. The molecule has 0 bridgehead atoms. The van der Waals surface area contributed by atoms with Crippen LogP contribution in [0.5, 0.6) is 0 Å². The van der Waals surface area contributed by atoms with Gasteiger partial charge in [-0.25, -0.2) is 0 Å². The van der Waals surface area contributed by atoms with Crippen LogP contribution in [0, 0.1) is 0 Å². The van der Waals surface area contributed by atoms with Gasteiger partial charge >= 0.3 is 6.18 Å². The second kappa shape index (κ2) is 5.85. The molecule has 0 radical (unpaired) electrons. The van der Waals surface area contributed by atoms with Gasteiger partial charge in [0.15, 0.2) is 0 Å². The summed E-state index contributed by atoms with van der Waals surface area (Å²) in [7, 11) is 0. The second-order valence-corrected chi connectivity index (χ2v) is 5.82. The number of rotatable bonds is 2. The zero-order valence-corrected chi connectivity index (χ0v) is 12.8. The van der Waals surface area contributed by atoms with Gasteiger partial charge in [0.2, 0.25) is 0 Å². The van der Waals surface area contributed by atoms with Crippen LogP contribution < -0.4 is 0 Å². The topological polar surface area (TPSA) is 12.9 Å². The van der Waals surface area contributed by atoms with Crippen molar-refractivity contribution in [2.75, 3.05) is 0 Å². The molecule has 1 nitrogen and oxygen atoms in total. The normalized spacial score (nSPS) is 12.0. The van der Waals surface area contributed by atoms with Crippen LogP contribution in [0.2, 0.25) is 10.0 Å². The third kappa shape index (κ3) is 3.69. The Morgan fingerprint density at radius 1 is 1.05 bits per heavy atom.